The van der Waals surface area contributed by atoms with Gasteiger partial charge in [0.1, 0.15) is 5.82 Å². The van der Waals surface area contributed by atoms with Gasteiger partial charge in [-0.1, -0.05) is 19.4 Å². The number of nitrogens with zero attached hydrogens (tertiary/aromatic N) is 6. The van der Waals surface area contributed by atoms with Crippen LogP contribution in [0, 0.1) is 5.82 Å². The molecule has 33 heavy (non-hydrogen) atoms. The fourth-order valence-corrected chi connectivity index (χ4v) is 4.94. The molecule has 4 aromatic heterocycles. The van der Waals surface area contributed by atoms with Crippen molar-refractivity contribution in [3.63, 3.8) is 0 Å². The third-order valence-electron chi connectivity index (χ3n) is 6.62. The molecular weight excluding hydrogens is 417 g/mol. The Balaban J connectivity index is 1.38. The molecule has 4 heterocycles. The first-order valence-electron chi connectivity index (χ1n) is 11.3. The van der Waals surface area contributed by atoms with Gasteiger partial charge in [-0.2, -0.15) is 14.6 Å². The lowest BCUT2D eigenvalue weighted by atomic mass is 9.88. The number of rotatable bonds is 4. The standard InChI is InChI=1S/C25H24FN7/c1-14(2)22-13-29-33-24(22)31-23(17-8-18(26)12-28-11-17)32-25(33)30-19-4-3-15-7-16-10-27-6-5-20(16)21(15)9-19/h5-6,8,10-14,19H,3-4,7,9H2,1-2H3,(H,30,31,32)/t19-/m1/s1. The molecule has 0 saturated carbocycles. The van der Waals surface area contributed by atoms with E-state index in [1.165, 1.54) is 34.5 Å². The molecule has 6 rings (SSSR count). The van der Waals surface area contributed by atoms with Crippen molar-refractivity contribution in [2.75, 3.05) is 5.32 Å². The minimum absolute atomic E-state index is 0.214. The quantitative estimate of drug-likeness (QED) is 0.489. The molecule has 0 saturated heterocycles. The second-order valence-corrected chi connectivity index (χ2v) is 9.13. The van der Waals surface area contributed by atoms with E-state index in [4.69, 9.17) is 9.97 Å². The molecule has 2 aliphatic rings. The lowest BCUT2D eigenvalue weighted by molar-refractivity contribution is 0.621. The molecule has 0 spiro atoms. The van der Waals surface area contributed by atoms with Gasteiger partial charge in [-0.15, -0.1) is 0 Å². The van der Waals surface area contributed by atoms with E-state index in [9.17, 15) is 4.39 Å². The monoisotopic (exact) mass is 441 g/mol. The third-order valence-corrected chi connectivity index (χ3v) is 6.62. The summed E-state index contributed by atoms with van der Waals surface area (Å²) in [6.07, 6.45) is 12.5. The summed E-state index contributed by atoms with van der Waals surface area (Å²) >= 11 is 0. The van der Waals surface area contributed by atoms with Crippen LogP contribution >= 0.6 is 0 Å². The minimum Gasteiger partial charge on any atom is -0.351 e. The molecule has 0 bridgehead atoms. The summed E-state index contributed by atoms with van der Waals surface area (Å²) in [4.78, 5) is 17.8. The number of nitrogens with one attached hydrogen (secondary N) is 1. The van der Waals surface area contributed by atoms with Gasteiger partial charge in [0.15, 0.2) is 11.5 Å². The summed E-state index contributed by atoms with van der Waals surface area (Å²) in [6.45, 7) is 4.22. The van der Waals surface area contributed by atoms with Gasteiger partial charge in [0.25, 0.3) is 0 Å². The Morgan fingerprint density at radius 2 is 2.03 bits per heavy atom. The number of fused-ring (bicyclic) bond motifs is 3. The van der Waals surface area contributed by atoms with E-state index >= 15 is 0 Å². The van der Waals surface area contributed by atoms with Crippen molar-refractivity contribution in [1.82, 2.24) is 29.5 Å². The molecule has 0 aliphatic heterocycles. The van der Waals surface area contributed by atoms with E-state index in [2.05, 4.69) is 40.3 Å². The predicted octanol–water partition coefficient (Wildman–Crippen LogP) is 4.82. The summed E-state index contributed by atoms with van der Waals surface area (Å²) in [5.41, 5.74) is 7.90. The van der Waals surface area contributed by atoms with Gasteiger partial charge >= 0.3 is 0 Å². The van der Waals surface area contributed by atoms with Crippen LogP contribution < -0.4 is 5.32 Å². The van der Waals surface area contributed by atoms with Gasteiger partial charge in [0.2, 0.25) is 5.95 Å². The first kappa shape index (κ1) is 20.0. The Labute approximate surface area is 190 Å². The Morgan fingerprint density at radius 1 is 1.12 bits per heavy atom. The lowest BCUT2D eigenvalue weighted by Gasteiger charge is -2.26. The molecule has 2 aliphatic carbocycles. The highest BCUT2D eigenvalue weighted by molar-refractivity contribution is 5.77. The highest BCUT2D eigenvalue weighted by Crippen LogP contribution is 2.41. The number of halogens is 1. The average molecular weight is 442 g/mol. The number of anilines is 1. The van der Waals surface area contributed by atoms with E-state index in [1.807, 2.05) is 18.6 Å². The zero-order valence-corrected chi connectivity index (χ0v) is 18.6. The average Bonchev–Trinajstić information content (AvgIpc) is 3.41. The minimum atomic E-state index is -0.413. The Morgan fingerprint density at radius 3 is 2.88 bits per heavy atom. The highest BCUT2D eigenvalue weighted by atomic mass is 19.1. The molecule has 0 aromatic carbocycles. The van der Waals surface area contributed by atoms with Crippen LogP contribution in [0.1, 0.15) is 55.7 Å². The summed E-state index contributed by atoms with van der Waals surface area (Å²) in [6, 6.07) is 3.75. The maximum atomic E-state index is 13.9. The summed E-state index contributed by atoms with van der Waals surface area (Å²) in [7, 11) is 0. The first-order valence-corrected chi connectivity index (χ1v) is 11.3. The van der Waals surface area contributed by atoms with Crippen LogP contribution in [-0.4, -0.2) is 35.6 Å². The maximum Gasteiger partial charge on any atom is 0.228 e. The van der Waals surface area contributed by atoms with Gasteiger partial charge in [0, 0.05) is 35.8 Å². The molecule has 1 N–H and O–H groups in total. The zero-order chi connectivity index (χ0) is 22.5. The predicted molar refractivity (Wildman–Crippen MR) is 124 cm³/mol. The van der Waals surface area contributed by atoms with E-state index in [-0.39, 0.29) is 12.0 Å². The molecular formula is C25H24FN7. The second-order valence-electron chi connectivity index (χ2n) is 9.13. The van der Waals surface area contributed by atoms with Crippen molar-refractivity contribution in [3.05, 3.63) is 71.2 Å². The SMILES string of the molecule is CC(C)c1cnn2c(N[C@@H]3CCC4=C(C3)c3ccncc3C4)nc(-c3cncc(F)c3)nc12. The van der Waals surface area contributed by atoms with Crippen LogP contribution in [0.4, 0.5) is 10.3 Å². The highest BCUT2D eigenvalue weighted by Gasteiger charge is 2.29. The van der Waals surface area contributed by atoms with Gasteiger partial charge < -0.3 is 5.32 Å². The first-order chi connectivity index (χ1) is 16.1. The maximum absolute atomic E-state index is 13.9. The zero-order valence-electron chi connectivity index (χ0n) is 18.6. The van der Waals surface area contributed by atoms with E-state index < -0.39 is 5.82 Å². The summed E-state index contributed by atoms with van der Waals surface area (Å²) < 4.78 is 15.6. The Bertz CT molecular complexity index is 1410. The Hall–Kier alpha value is -3.68. The van der Waals surface area contributed by atoms with Crippen LogP contribution in [0.15, 0.2) is 48.7 Å². The molecule has 0 unspecified atom stereocenters. The summed E-state index contributed by atoms with van der Waals surface area (Å²) in [5, 5.41) is 8.21. The molecule has 166 valence electrons. The van der Waals surface area contributed by atoms with Crippen LogP contribution in [0.2, 0.25) is 0 Å². The second kappa shape index (κ2) is 7.72. The van der Waals surface area contributed by atoms with Crippen LogP contribution in [0.25, 0.3) is 22.6 Å². The number of aromatic nitrogens is 6. The molecule has 1 atom stereocenters. The van der Waals surface area contributed by atoms with Gasteiger partial charge in [-0.05, 0) is 60.4 Å². The molecule has 7 nitrogen and oxygen atoms in total. The van der Waals surface area contributed by atoms with Crippen LogP contribution in [0.5, 0.6) is 0 Å². The number of hydrogen-bond acceptors (Lipinski definition) is 6. The van der Waals surface area contributed by atoms with E-state index in [0.29, 0.717) is 17.3 Å². The molecule has 0 fully saturated rings. The fourth-order valence-electron chi connectivity index (χ4n) is 4.94. The van der Waals surface area contributed by atoms with Crippen LogP contribution in [-0.2, 0) is 6.42 Å². The summed E-state index contributed by atoms with van der Waals surface area (Å²) in [5.74, 6) is 0.888. The molecule has 0 amide bonds. The lowest BCUT2D eigenvalue weighted by Crippen LogP contribution is -2.25. The van der Waals surface area contributed by atoms with Crippen LogP contribution in [0.3, 0.4) is 0 Å². The molecule has 4 aromatic rings. The third kappa shape index (κ3) is 3.46. The number of allylic oxidation sites excluding steroid dienone is 1. The van der Waals surface area contributed by atoms with Crippen molar-refractivity contribution in [2.45, 2.75) is 51.5 Å². The van der Waals surface area contributed by atoms with Crippen molar-refractivity contribution >= 4 is 17.2 Å². The smallest absolute Gasteiger partial charge is 0.228 e. The van der Waals surface area contributed by atoms with Crippen molar-refractivity contribution in [3.8, 4) is 11.4 Å². The van der Waals surface area contributed by atoms with Gasteiger partial charge in [-0.3, -0.25) is 9.97 Å². The van der Waals surface area contributed by atoms with Crippen molar-refractivity contribution < 1.29 is 4.39 Å². The molecule has 8 heteroatoms. The molecule has 0 radical (unpaired) electrons. The number of hydrogen-bond donors (Lipinski definition) is 1. The van der Waals surface area contributed by atoms with E-state index in [1.54, 1.807) is 10.7 Å². The van der Waals surface area contributed by atoms with Crippen molar-refractivity contribution in [1.29, 1.82) is 0 Å². The van der Waals surface area contributed by atoms with E-state index in [0.717, 1.165) is 36.9 Å². The topological polar surface area (TPSA) is 80.9 Å². The largest absolute Gasteiger partial charge is 0.351 e. The Kier molecular flexibility index (Phi) is 4.67. The van der Waals surface area contributed by atoms with Gasteiger partial charge in [-0.25, -0.2) is 9.37 Å². The van der Waals surface area contributed by atoms with Crippen molar-refractivity contribution in [2.24, 2.45) is 0 Å². The normalized spacial score (nSPS) is 17.5. The number of pyridine rings is 2. The fraction of sp³-hybridized carbons (Fsp3) is 0.320. The van der Waals surface area contributed by atoms with Gasteiger partial charge in [0.05, 0.1) is 12.4 Å².